The molecule has 1 aliphatic carbocycles. The van der Waals surface area contributed by atoms with Gasteiger partial charge in [0.25, 0.3) is 0 Å². The minimum atomic E-state index is 0.253. The highest BCUT2D eigenvalue weighted by Gasteiger charge is 2.37. The van der Waals surface area contributed by atoms with Crippen LogP contribution in [0.1, 0.15) is 44.2 Å². The van der Waals surface area contributed by atoms with Crippen molar-refractivity contribution in [2.75, 3.05) is 6.54 Å². The van der Waals surface area contributed by atoms with E-state index in [1.165, 1.54) is 17.5 Å². The summed E-state index contributed by atoms with van der Waals surface area (Å²) in [6.07, 6.45) is 1.28. The fourth-order valence-electron chi connectivity index (χ4n) is 2.15. The second kappa shape index (κ2) is 3.64. The second-order valence-electron chi connectivity index (χ2n) is 5.71. The number of hydrogen-bond donors (Lipinski definition) is 1. The molecule has 1 heteroatoms. The topological polar surface area (TPSA) is 26.0 Å². The van der Waals surface area contributed by atoms with E-state index in [1.54, 1.807) is 0 Å². The Labute approximate surface area is 92.7 Å². The van der Waals surface area contributed by atoms with E-state index in [0.29, 0.717) is 0 Å². The van der Waals surface area contributed by atoms with Crippen LogP contribution in [-0.2, 0) is 5.41 Å². The van der Waals surface area contributed by atoms with Gasteiger partial charge in [-0.1, -0.05) is 45.0 Å². The summed E-state index contributed by atoms with van der Waals surface area (Å²) in [5, 5.41) is 0. The average Bonchev–Trinajstić information content (AvgIpc) is 2.95. The quantitative estimate of drug-likeness (QED) is 0.785. The van der Waals surface area contributed by atoms with E-state index < -0.39 is 0 Å². The van der Waals surface area contributed by atoms with Gasteiger partial charge in [-0.25, -0.2) is 0 Å². The Hall–Kier alpha value is -0.820. The summed E-state index contributed by atoms with van der Waals surface area (Å²) in [7, 11) is 0. The molecule has 0 bridgehead atoms. The first kappa shape index (κ1) is 10.7. The van der Waals surface area contributed by atoms with Crippen molar-refractivity contribution < 1.29 is 0 Å². The highest BCUT2D eigenvalue weighted by atomic mass is 14.6. The summed E-state index contributed by atoms with van der Waals surface area (Å²) in [6.45, 7) is 7.63. The smallest absolute Gasteiger partial charge is 0.00428 e. The zero-order valence-corrected chi connectivity index (χ0v) is 9.96. The molecule has 1 aliphatic rings. The third kappa shape index (κ3) is 2.23. The van der Waals surface area contributed by atoms with Crippen molar-refractivity contribution in [3.63, 3.8) is 0 Å². The maximum Gasteiger partial charge on any atom is -0.00428 e. The summed E-state index contributed by atoms with van der Waals surface area (Å²) in [4.78, 5) is 0. The molecule has 1 aromatic rings. The van der Waals surface area contributed by atoms with Crippen LogP contribution in [0.3, 0.4) is 0 Å². The van der Waals surface area contributed by atoms with Crippen molar-refractivity contribution in [1.29, 1.82) is 0 Å². The largest absolute Gasteiger partial charge is 0.330 e. The highest BCUT2D eigenvalue weighted by molar-refractivity contribution is 5.33. The van der Waals surface area contributed by atoms with Crippen molar-refractivity contribution in [1.82, 2.24) is 0 Å². The number of benzene rings is 1. The third-order valence-electron chi connectivity index (χ3n) is 3.41. The van der Waals surface area contributed by atoms with Gasteiger partial charge in [-0.3, -0.25) is 0 Å². The first-order valence-electron chi connectivity index (χ1n) is 5.83. The predicted molar refractivity (Wildman–Crippen MR) is 65.0 cm³/mol. The molecule has 1 aromatic carbocycles. The molecular weight excluding hydrogens is 182 g/mol. The average molecular weight is 203 g/mol. The summed E-state index contributed by atoms with van der Waals surface area (Å²) < 4.78 is 0. The van der Waals surface area contributed by atoms with E-state index >= 15 is 0 Å². The molecule has 0 saturated heterocycles. The molecule has 0 amide bonds. The lowest BCUT2D eigenvalue weighted by atomic mass is 9.85. The van der Waals surface area contributed by atoms with Crippen molar-refractivity contribution in [2.45, 2.75) is 38.5 Å². The monoisotopic (exact) mass is 203 g/mol. The van der Waals surface area contributed by atoms with Crippen LogP contribution in [-0.4, -0.2) is 6.54 Å². The van der Waals surface area contributed by atoms with Gasteiger partial charge < -0.3 is 5.73 Å². The molecule has 2 rings (SSSR count). The molecule has 0 heterocycles. The molecule has 15 heavy (non-hydrogen) atoms. The fraction of sp³-hybridized carbons (Fsp3) is 0.571. The normalized spacial score (nSPS) is 25.3. The van der Waals surface area contributed by atoms with Crippen LogP contribution in [0.15, 0.2) is 24.3 Å². The van der Waals surface area contributed by atoms with Crippen LogP contribution in [0.2, 0.25) is 0 Å². The molecule has 0 unspecified atom stereocenters. The Balaban J connectivity index is 2.21. The zero-order valence-electron chi connectivity index (χ0n) is 9.96. The van der Waals surface area contributed by atoms with E-state index in [1.807, 2.05) is 0 Å². The van der Waals surface area contributed by atoms with Gasteiger partial charge in [-0.2, -0.15) is 0 Å². The molecule has 2 N–H and O–H groups in total. The number of rotatable bonds is 2. The Morgan fingerprint density at radius 3 is 2.60 bits per heavy atom. The number of hydrogen-bond acceptors (Lipinski definition) is 1. The molecule has 1 nitrogen and oxygen atoms in total. The number of nitrogens with two attached hydrogens (primary N) is 1. The Kier molecular flexibility index (Phi) is 2.59. The third-order valence-corrected chi connectivity index (χ3v) is 3.41. The van der Waals surface area contributed by atoms with E-state index in [0.717, 1.165) is 18.4 Å². The van der Waals surface area contributed by atoms with E-state index in [9.17, 15) is 0 Å². The maximum atomic E-state index is 5.69. The van der Waals surface area contributed by atoms with Crippen molar-refractivity contribution in [3.8, 4) is 0 Å². The first-order chi connectivity index (χ1) is 7.02. The molecule has 2 atom stereocenters. The Morgan fingerprint density at radius 2 is 2.07 bits per heavy atom. The lowest BCUT2D eigenvalue weighted by Gasteiger charge is -2.19. The van der Waals surface area contributed by atoms with Crippen LogP contribution < -0.4 is 5.73 Å². The van der Waals surface area contributed by atoms with Gasteiger partial charge in [0.15, 0.2) is 0 Å². The van der Waals surface area contributed by atoms with Gasteiger partial charge in [0.2, 0.25) is 0 Å². The van der Waals surface area contributed by atoms with Gasteiger partial charge in [0.05, 0.1) is 0 Å². The van der Waals surface area contributed by atoms with E-state index in [4.69, 9.17) is 5.73 Å². The maximum absolute atomic E-state index is 5.69. The molecule has 0 radical (unpaired) electrons. The summed E-state index contributed by atoms with van der Waals surface area (Å²) in [6, 6.07) is 9.01. The van der Waals surface area contributed by atoms with Crippen LogP contribution in [0.5, 0.6) is 0 Å². The van der Waals surface area contributed by atoms with Crippen LogP contribution >= 0.6 is 0 Å². The van der Waals surface area contributed by atoms with Crippen molar-refractivity contribution >= 4 is 0 Å². The minimum absolute atomic E-state index is 0.253. The zero-order chi connectivity index (χ0) is 11.1. The molecule has 1 fully saturated rings. The fourth-order valence-corrected chi connectivity index (χ4v) is 2.15. The first-order valence-corrected chi connectivity index (χ1v) is 5.83. The van der Waals surface area contributed by atoms with Gasteiger partial charge in [-0.05, 0) is 41.3 Å². The van der Waals surface area contributed by atoms with Crippen LogP contribution in [0, 0.1) is 5.92 Å². The van der Waals surface area contributed by atoms with E-state index in [2.05, 4.69) is 45.0 Å². The van der Waals surface area contributed by atoms with Crippen molar-refractivity contribution in [3.05, 3.63) is 35.4 Å². The predicted octanol–water partition coefficient (Wildman–Crippen LogP) is 3.05. The molecule has 82 valence electrons. The van der Waals surface area contributed by atoms with Crippen LogP contribution in [0.4, 0.5) is 0 Å². The van der Waals surface area contributed by atoms with Gasteiger partial charge in [-0.15, -0.1) is 0 Å². The van der Waals surface area contributed by atoms with E-state index in [-0.39, 0.29) is 5.41 Å². The lowest BCUT2D eigenvalue weighted by molar-refractivity contribution is 0.589. The minimum Gasteiger partial charge on any atom is -0.330 e. The molecular formula is C14H21N. The molecule has 0 spiro atoms. The highest BCUT2D eigenvalue weighted by Crippen LogP contribution is 2.47. The van der Waals surface area contributed by atoms with Gasteiger partial charge in [0.1, 0.15) is 0 Å². The van der Waals surface area contributed by atoms with Gasteiger partial charge in [0, 0.05) is 0 Å². The van der Waals surface area contributed by atoms with Crippen LogP contribution in [0.25, 0.3) is 0 Å². The Bertz CT molecular complexity index is 349. The summed E-state index contributed by atoms with van der Waals surface area (Å²) >= 11 is 0. The summed E-state index contributed by atoms with van der Waals surface area (Å²) in [5.41, 5.74) is 8.86. The Morgan fingerprint density at radius 1 is 1.33 bits per heavy atom. The second-order valence-corrected chi connectivity index (χ2v) is 5.71. The molecule has 1 saturated carbocycles. The van der Waals surface area contributed by atoms with Crippen molar-refractivity contribution in [2.24, 2.45) is 11.7 Å². The standard InChI is InChI=1S/C14H21N/c1-14(2,3)12-6-4-5-10(7-12)13-8-11(13)9-15/h4-7,11,13H,8-9,15H2,1-3H3/t11-,13-/m0/s1. The van der Waals surface area contributed by atoms with Gasteiger partial charge >= 0.3 is 0 Å². The molecule has 0 aromatic heterocycles. The lowest BCUT2D eigenvalue weighted by Crippen LogP contribution is -2.11. The summed E-state index contributed by atoms with van der Waals surface area (Å²) in [5.74, 6) is 1.47. The molecule has 0 aliphatic heterocycles. The SMILES string of the molecule is CC(C)(C)c1cccc([C@@H]2C[C@H]2CN)c1.